The number of nitrogens with two attached hydrogens (primary N) is 1. The maximum atomic E-state index is 6.01. The molecule has 1 aromatic rings. The predicted molar refractivity (Wildman–Crippen MR) is 77.4 cm³/mol. The van der Waals surface area contributed by atoms with Crippen molar-refractivity contribution < 1.29 is 0 Å². The van der Waals surface area contributed by atoms with Crippen molar-refractivity contribution in [2.24, 2.45) is 17.1 Å². The molecule has 0 amide bonds. The van der Waals surface area contributed by atoms with E-state index in [1.54, 1.807) is 0 Å². The zero-order valence-electron chi connectivity index (χ0n) is 9.88. The summed E-state index contributed by atoms with van der Waals surface area (Å²) < 4.78 is 1.31. The maximum Gasteiger partial charge on any atom is 0.0130 e. The molecule has 0 bridgehead atoms. The summed E-state index contributed by atoms with van der Waals surface area (Å²) in [6.45, 7) is 3.19. The van der Waals surface area contributed by atoms with Gasteiger partial charge in [0.2, 0.25) is 0 Å². The molecule has 1 aromatic carbocycles. The van der Waals surface area contributed by atoms with Crippen LogP contribution in [-0.4, -0.2) is 6.54 Å². The third-order valence-electron chi connectivity index (χ3n) is 3.87. The lowest BCUT2D eigenvalue weighted by Crippen LogP contribution is -2.30. The van der Waals surface area contributed by atoms with E-state index in [4.69, 9.17) is 5.73 Å². The molecule has 0 aromatic heterocycles. The Kier molecular flexibility index (Phi) is 3.90. The Morgan fingerprint density at radius 2 is 2.06 bits per heavy atom. The summed E-state index contributed by atoms with van der Waals surface area (Å²) in [7, 11) is 0. The average molecular weight is 329 g/mol. The molecule has 0 spiro atoms. The summed E-state index contributed by atoms with van der Waals surface area (Å²) in [6.07, 6.45) is 5.11. The zero-order chi connectivity index (χ0) is 11.6. The summed E-state index contributed by atoms with van der Waals surface area (Å²) in [5.74, 6) is 0.854. The fraction of sp³-hybridized carbons (Fsp3) is 0.571. The quantitative estimate of drug-likeness (QED) is 0.843. The molecule has 2 rings (SSSR count). The number of benzene rings is 1. The van der Waals surface area contributed by atoms with Gasteiger partial charge in [0.25, 0.3) is 0 Å². The van der Waals surface area contributed by atoms with Crippen LogP contribution in [-0.2, 0) is 6.42 Å². The largest absolute Gasteiger partial charge is 0.330 e. The Bertz CT molecular complexity index is 346. The maximum absolute atomic E-state index is 6.01. The summed E-state index contributed by atoms with van der Waals surface area (Å²) in [5, 5.41) is 0. The number of hydrogen-bond donors (Lipinski definition) is 1. The van der Waals surface area contributed by atoms with Crippen LogP contribution in [0.5, 0.6) is 0 Å². The summed E-state index contributed by atoms with van der Waals surface area (Å²) in [4.78, 5) is 0. The summed E-state index contributed by atoms with van der Waals surface area (Å²) in [5.41, 5.74) is 7.83. The van der Waals surface area contributed by atoms with Crippen LogP contribution >= 0.6 is 22.6 Å². The molecule has 1 fully saturated rings. The molecule has 0 heterocycles. The molecule has 1 aliphatic carbocycles. The van der Waals surface area contributed by atoms with E-state index in [0.29, 0.717) is 5.41 Å². The molecule has 0 aliphatic heterocycles. The van der Waals surface area contributed by atoms with Crippen molar-refractivity contribution in [3.8, 4) is 0 Å². The molecular formula is C14H20IN. The van der Waals surface area contributed by atoms with E-state index in [9.17, 15) is 0 Å². The van der Waals surface area contributed by atoms with E-state index in [1.165, 1.54) is 28.4 Å². The number of rotatable bonds is 3. The minimum Gasteiger partial charge on any atom is -0.330 e. The van der Waals surface area contributed by atoms with E-state index < -0.39 is 0 Å². The first-order valence-electron chi connectivity index (χ1n) is 6.08. The second-order valence-electron chi connectivity index (χ2n) is 5.36. The highest BCUT2D eigenvalue weighted by molar-refractivity contribution is 14.1. The van der Waals surface area contributed by atoms with E-state index in [-0.39, 0.29) is 0 Å². The van der Waals surface area contributed by atoms with Gasteiger partial charge in [0, 0.05) is 3.57 Å². The van der Waals surface area contributed by atoms with E-state index in [1.807, 2.05) is 0 Å². The third kappa shape index (κ3) is 2.77. The number of hydrogen-bond acceptors (Lipinski definition) is 1. The van der Waals surface area contributed by atoms with E-state index in [0.717, 1.165) is 18.9 Å². The lowest BCUT2D eigenvalue weighted by molar-refractivity contribution is 0.295. The van der Waals surface area contributed by atoms with E-state index in [2.05, 4.69) is 53.8 Å². The minimum absolute atomic E-state index is 0.381. The monoisotopic (exact) mass is 329 g/mol. The van der Waals surface area contributed by atoms with Gasteiger partial charge in [-0.1, -0.05) is 25.5 Å². The van der Waals surface area contributed by atoms with Gasteiger partial charge in [-0.25, -0.2) is 0 Å². The van der Waals surface area contributed by atoms with Crippen LogP contribution in [0.2, 0.25) is 0 Å². The van der Waals surface area contributed by atoms with E-state index >= 15 is 0 Å². The Balaban J connectivity index is 2.10. The van der Waals surface area contributed by atoms with Crippen LogP contribution in [0.3, 0.4) is 0 Å². The van der Waals surface area contributed by atoms with Crippen molar-refractivity contribution in [2.75, 3.05) is 6.54 Å². The Morgan fingerprint density at radius 3 is 2.56 bits per heavy atom. The topological polar surface area (TPSA) is 26.0 Å². The molecule has 1 nitrogen and oxygen atoms in total. The predicted octanol–water partition coefficient (Wildman–Crippen LogP) is 3.60. The Morgan fingerprint density at radius 1 is 1.38 bits per heavy atom. The highest BCUT2D eigenvalue weighted by Crippen LogP contribution is 2.43. The zero-order valence-corrected chi connectivity index (χ0v) is 12.0. The lowest BCUT2D eigenvalue weighted by atomic mass is 9.79. The molecule has 88 valence electrons. The fourth-order valence-electron chi connectivity index (χ4n) is 2.95. The van der Waals surface area contributed by atoms with Gasteiger partial charge in [-0.15, -0.1) is 0 Å². The van der Waals surface area contributed by atoms with Crippen molar-refractivity contribution in [3.05, 3.63) is 33.4 Å². The van der Waals surface area contributed by atoms with Crippen LogP contribution in [0.1, 0.15) is 31.7 Å². The van der Waals surface area contributed by atoms with Gasteiger partial charge in [0.05, 0.1) is 0 Å². The minimum atomic E-state index is 0.381. The second kappa shape index (κ2) is 5.05. The molecule has 16 heavy (non-hydrogen) atoms. The van der Waals surface area contributed by atoms with Gasteiger partial charge >= 0.3 is 0 Å². The first kappa shape index (κ1) is 12.4. The van der Waals surface area contributed by atoms with Crippen LogP contribution < -0.4 is 5.73 Å². The van der Waals surface area contributed by atoms with Crippen molar-refractivity contribution in [1.82, 2.24) is 0 Å². The SMILES string of the molecule is CC1CCC(CN)(Cc2ccc(I)cc2)C1. The Labute approximate surface area is 112 Å². The van der Waals surface area contributed by atoms with Crippen LogP contribution in [0.25, 0.3) is 0 Å². The summed E-state index contributed by atoms with van der Waals surface area (Å²) >= 11 is 2.35. The molecule has 1 aliphatic rings. The van der Waals surface area contributed by atoms with Crippen molar-refractivity contribution in [2.45, 2.75) is 32.6 Å². The summed E-state index contributed by atoms with van der Waals surface area (Å²) in [6, 6.07) is 8.89. The first-order valence-corrected chi connectivity index (χ1v) is 7.16. The molecule has 2 heteroatoms. The van der Waals surface area contributed by atoms with Gasteiger partial charge in [-0.2, -0.15) is 0 Å². The highest BCUT2D eigenvalue weighted by Gasteiger charge is 2.36. The Hall–Kier alpha value is -0.0900. The highest BCUT2D eigenvalue weighted by atomic mass is 127. The molecule has 0 radical (unpaired) electrons. The van der Waals surface area contributed by atoms with Gasteiger partial charge in [-0.3, -0.25) is 0 Å². The van der Waals surface area contributed by atoms with Crippen LogP contribution in [0, 0.1) is 14.9 Å². The fourth-order valence-corrected chi connectivity index (χ4v) is 3.31. The van der Waals surface area contributed by atoms with Gasteiger partial charge in [-0.05, 0) is 77.4 Å². The smallest absolute Gasteiger partial charge is 0.0130 e. The van der Waals surface area contributed by atoms with Crippen molar-refractivity contribution >= 4 is 22.6 Å². The molecule has 2 unspecified atom stereocenters. The molecule has 1 saturated carbocycles. The van der Waals surface area contributed by atoms with Crippen molar-refractivity contribution in [3.63, 3.8) is 0 Å². The van der Waals surface area contributed by atoms with Crippen molar-refractivity contribution in [1.29, 1.82) is 0 Å². The average Bonchev–Trinajstić information content (AvgIpc) is 2.64. The van der Waals surface area contributed by atoms with Crippen LogP contribution in [0.15, 0.2) is 24.3 Å². The third-order valence-corrected chi connectivity index (χ3v) is 4.59. The van der Waals surface area contributed by atoms with Gasteiger partial charge < -0.3 is 5.73 Å². The van der Waals surface area contributed by atoms with Crippen LogP contribution in [0.4, 0.5) is 0 Å². The number of halogens is 1. The molecular weight excluding hydrogens is 309 g/mol. The lowest BCUT2D eigenvalue weighted by Gasteiger charge is -2.27. The standard InChI is InChI=1S/C14H20IN/c1-11-6-7-14(8-11,10-16)9-12-2-4-13(15)5-3-12/h2-5,11H,6-10,16H2,1H3. The van der Waals surface area contributed by atoms with Gasteiger partial charge in [0.1, 0.15) is 0 Å². The molecule has 2 atom stereocenters. The molecule has 2 N–H and O–H groups in total. The normalized spacial score (nSPS) is 29.6. The first-order chi connectivity index (χ1) is 7.63. The molecule has 0 saturated heterocycles. The second-order valence-corrected chi connectivity index (χ2v) is 6.60. The van der Waals surface area contributed by atoms with Gasteiger partial charge in [0.15, 0.2) is 0 Å².